The number of aliphatic imine (C=N–C) groups is 1. The molecule has 14 heavy (non-hydrogen) atoms. The van der Waals surface area contributed by atoms with Crippen LogP contribution in [0.1, 0.15) is 13.8 Å². The van der Waals surface area contributed by atoms with Gasteiger partial charge in [0, 0.05) is 20.4 Å². The molecule has 0 aromatic heterocycles. The summed E-state index contributed by atoms with van der Waals surface area (Å²) in [5.41, 5.74) is 1.92. The van der Waals surface area contributed by atoms with E-state index in [1.165, 1.54) is 5.70 Å². The molecule has 4 nitrogen and oxygen atoms in total. The number of hydrogen-bond donors (Lipinski definition) is 0. The highest BCUT2D eigenvalue weighted by Gasteiger charge is 2.48. The van der Waals surface area contributed by atoms with E-state index < -0.39 is 5.60 Å². The average molecular weight is 196 g/mol. The van der Waals surface area contributed by atoms with E-state index in [9.17, 15) is 0 Å². The predicted molar refractivity (Wildman–Crippen MR) is 54.1 cm³/mol. The highest BCUT2D eigenvalue weighted by molar-refractivity contribution is 5.81. The standard InChI is InChI=1S/C10H16N2O2/c1-7-5-11-9(13-4)10(2)8(7)12(3)6-14-10/h5,9H,6H2,1-4H3. The molecule has 0 radical (unpaired) electrons. The number of fused-ring (bicyclic) bond motifs is 1. The predicted octanol–water partition coefficient (Wildman–Crippen LogP) is 0.995. The third-order valence-electron chi connectivity index (χ3n) is 2.88. The molecule has 4 heteroatoms. The zero-order chi connectivity index (χ0) is 10.3. The van der Waals surface area contributed by atoms with Gasteiger partial charge in [0.2, 0.25) is 0 Å². The van der Waals surface area contributed by atoms with Crippen molar-refractivity contribution in [2.75, 3.05) is 20.9 Å². The molecule has 2 atom stereocenters. The van der Waals surface area contributed by atoms with Crippen molar-refractivity contribution in [1.29, 1.82) is 0 Å². The van der Waals surface area contributed by atoms with E-state index >= 15 is 0 Å². The van der Waals surface area contributed by atoms with E-state index in [4.69, 9.17) is 9.47 Å². The Balaban J connectivity index is 2.45. The molecule has 0 amide bonds. The molecule has 0 aromatic rings. The van der Waals surface area contributed by atoms with Gasteiger partial charge in [0.15, 0.2) is 11.8 Å². The smallest absolute Gasteiger partial charge is 0.182 e. The fourth-order valence-corrected chi connectivity index (χ4v) is 2.29. The highest BCUT2D eigenvalue weighted by atomic mass is 16.6. The maximum atomic E-state index is 5.76. The fraction of sp³-hybridized carbons (Fsp3) is 0.700. The fourth-order valence-electron chi connectivity index (χ4n) is 2.29. The van der Waals surface area contributed by atoms with Gasteiger partial charge in [-0.15, -0.1) is 0 Å². The Morgan fingerprint density at radius 2 is 2.43 bits per heavy atom. The number of ether oxygens (including phenoxy) is 2. The molecule has 0 aliphatic carbocycles. The van der Waals surface area contributed by atoms with Crippen molar-refractivity contribution in [1.82, 2.24) is 4.90 Å². The van der Waals surface area contributed by atoms with Crippen molar-refractivity contribution in [3.63, 3.8) is 0 Å². The Morgan fingerprint density at radius 3 is 3.07 bits per heavy atom. The molecule has 2 aliphatic heterocycles. The van der Waals surface area contributed by atoms with Crippen LogP contribution in [0.3, 0.4) is 0 Å². The summed E-state index contributed by atoms with van der Waals surface area (Å²) in [5, 5.41) is 0. The maximum Gasteiger partial charge on any atom is 0.182 e. The number of nitrogens with zero attached hydrogens (tertiary/aromatic N) is 2. The van der Waals surface area contributed by atoms with Crippen molar-refractivity contribution in [3.05, 3.63) is 11.3 Å². The van der Waals surface area contributed by atoms with Crippen molar-refractivity contribution >= 4 is 6.21 Å². The van der Waals surface area contributed by atoms with E-state index in [0.717, 1.165) is 5.57 Å². The minimum atomic E-state index is -0.414. The van der Waals surface area contributed by atoms with E-state index in [-0.39, 0.29) is 6.23 Å². The van der Waals surface area contributed by atoms with Crippen molar-refractivity contribution in [3.8, 4) is 0 Å². The summed E-state index contributed by atoms with van der Waals surface area (Å²) in [5.74, 6) is 0. The monoisotopic (exact) mass is 196 g/mol. The van der Waals surface area contributed by atoms with E-state index in [2.05, 4.69) is 9.89 Å². The van der Waals surface area contributed by atoms with Crippen LogP contribution >= 0.6 is 0 Å². The number of methoxy groups -OCH3 is 1. The van der Waals surface area contributed by atoms with Gasteiger partial charge < -0.3 is 14.4 Å². The van der Waals surface area contributed by atoms with Gasteiger partial charge in [-0.2, -0.15) is 0 Å². The number of rotatable bonds is 1. The number of allylic oxidation sites excluding steroid dienone is 1. The molecule has 2 aliphatic rings. The lowest BCUT2D eigenvalue weighted by Gasteiger charge is -2.34. The zero-order valence-electron chi connectivity index (χ0n) is 9.07. The lowest BCUT2D eigenvalue weighted by atomic mass is 9.94. The van der Waals surface area contributed by atoms with Gasteiger partial charge in [0.1, 0.15) is 6.73 Å². The Labute approximate surface area is 84.2 Å². The van der Waals surface area contributed by atoms with Crippen LogP contribution in [0.4, 0.5) is 0 Å². The van der Waals surface area contributed by atoms with Crippen LogP contribution in [0.5, 0.6) is 0 Å². The summed E-state index contributed by atoms with van der Waals surface area (Å²) >= 11 is 0. The number of likely N-dealkylation sites (N-methyl/N-ethyl adjacent to an activating group) is 1. The third-order valence-corrected chi connectivity index (χ3v) is 2.88. The first-order valence-electron chi connectivity index (χ1n) is 4.72. The van der Waals surface area contributed by atoms with Crippen LogP contribution < -0.4 is 0 Å². The van der Waals surface area contributed by atoms with Gasteiger partial charge in [0.25, 0.3) is 0 Å². The molecule has 0 N–H and O–H groups in total. The summed E-state index contributed by atoms with van der Waals surface area (Å²) in [6.45, 7) is 4.68. The molecule has 2 heterocycles. The summed E-state index contributed by atoms with van der Waals surface area (Å²) in [6, 6.07) is 0. The van der Waals surface area contributed by atoms with Crippen LogP contribution in [-0.4, -0.2) is 43.8 Å². The second kappa shape index (κ2) is 3.07. The maximum absolute atomic E-state index is 5.76. The van der Waals surface area contributed by atoms with Crippen LogP contribution in [0.2, 0.25) is 0 Å². The van der Waals surface area contributed by atoms with Crippen molar-refractivity contribution < 1.29 is 9.47 Å². The summed E-state index contributed by atoms with van der Waals surface area (Å²) in [7, 11) is 3.68. The number of hydrogen-bond acceptors (Lipinski definition) is 4. The minimum Gasteiger partial charge on any atom is -0.356 e. The van der Waals surface area contributed by atoms with Crippen LogP contribution in [0.25, 0.3) is 0 Å². The van der Waals surface area contributed by atoms with Gasteiger partial charge in [0.05, 0.1) is 5.70 Å². The number of dihydropyridines is 1. The quantitative estimate of drug-likeness (QED) is 0.627. The second-order valence-corrected chi connectivity index (χ2v) is 3.98. The molecule has 1 saturated heterocycles. The van der Waals surface area contributed by atoms with Gasteiger partial charge in [-0.05, 0) is 19.4 Å². The largest absolute Gasteiger partial charge is 0.356 e. The van der Waals surface area contributed by atoms with Crippen LogP contribution in [-0.2, 0) is 9.47 Å². The van der Waals surface area contributed by atoms with E-state index in [1.807, 2.05) is 27.1 Å². The molecule has 1 fully saturated rings. The normalized spacial score (nSPS) is 36.6. The zero-order valence-corrected chi connectivity index (χ0v) is 9.07. The topological polar surface area (TPSA) is 34.1 Å². The van der Waals surface area contributed by atoms with Crippen LogP contribution in [0, 0.1) is 0 Å². The van der Waals surface area contributed by atoms with Gasteiger partial charge in [-0.1, -0.05) is 0 Å². The van der Waals surface area contributed by atoms with Crippen LogP contribution in [0.15, 0.2) is 16.3 Å². The molecule has 0 saturated carbocycles. The molecular formula is C10H16N2O2. The van der Waals surface area contributed by atoms with E-state index in [0.29, 0.717) is 6.73 Å². The van der Waals surface area contributed by atoms with Gasteiger partial charge in [-0.3, -0.25) is 4.99 Å². The molecule has 2 rings (SSSR count). The Hall–Kier alpha value is -0.870. The SMILES string of the molecule is COC1N=CC(C)=C2N(C)COC21C. The van der Waals surface area contributed by atoms with Gasteiger partial charge in [-0.25, -0.2) is 0 Å². The molecule has 0 bridgehead atoms. The molecule has 2 unspecified atom stereocenters. The first kappa shape index (κ1) is 9.68. The van der Waals surface area contributed by atoms with E-state index in [1.54, 1.807) is 7.11 Å². The molecular weight excluding hydrogens is 180 g/mol. The second-order valence-electron chi connectivity index (χ2n) is 3.98. The highest BCUT2D eigenvalue weighted by Crippen LogP contribution is 2.39. The molecule has 0 aromatic carbocycles. The first-order chi connectivity index (χ1) is 6.59. The Morgan fingerprint density at radius 1 is 1.71 bits per heavy atom. The van der Waals surface area contributed by atoms with Crippen molar-refractivity contribution in [2.45, 2.75) is 25.7 Å². The van der Waals surface area contributed by atoms with Gasteiger partial charge >= 0.3 is 0 Å². The average Bonchev–Trinajstić information content (AvgIpc) is 2.45. The summed E-state index contributed by atoms with van der Waals surface area (Å²) in [6.07, 6.45) is 1.63. The Bertz CT molecular complexity index is 311. The third kappa shape index (κ3) is 1.11. The lowest BCUT2D eigenvalue weighted by molar-refractivity contribution is -0.0774. The van der Waals surface area contributed by atoms with Crippen molar-refractivity contribution in [2.24, 2.45) is 4.99 Å². The minimum absolute atomic E-state index is 0.230. The lowest BCUT2D eigenvalue weighted by Crippen LogP contribution is -2.44. The Kier molecular flexibility index (Phi) is 2.12. The summed E-state index contributed by atoms with van der Waals surface area (Å²) < 4.78 is 11.1. The first-order valence-corrected chi connectivity index (χ1v) is 4.72. The molecule has 78 valence electrons. The molecule has 0 spiro atoms. The summed E-state index contributed by atoms with van der Waals surface area (Å²) in [4.78, 5) is 6.42.